The van der Waals surface area contributed by atoms with E-state index >= 15 is 0 Å². The molecule has 1 fully saturated rings. The largest absolute Gasteiger partial charge is 0.300 e. The zero-order valence-electron chi connectivity index (χ0n) is 11.5. The third-order valence-corrected chi connectivity index (χ3v) is 4.67. The van der Waals surface area contributed by atoms with Crippen LogP contribution in [0.15, 0.2) is 52.4 Å². The SMILES string of the molecule is O=C1NC(=Nc2cccc(Cl)c2Cl)S/C1=C/c1cccc(F)c1. The van der Waals surface area contributed by atoms with Crippen molar-refractivity contribution in [3.8, 4) is 0 Å². The Morgan fingerprint density at radius 1 is 1.17 bits per heavy atom. The zero-order chi connectivity index (χ0) is 16.4. The highest BCUT2D eigenvalue weighted by Crippen LogP contribution is 2.34. The van der Waals surface area contributed by atoms with Crippen molar-refractivity contribution < 1.29 is 9.18 Å². The van der Waals surface area contributed by atoms with E-state index < -0.39 is 0 Å². The fourth-order valence-corrected chi connectivity index (χ4v) is 3.09. The van der Waals surface area contributed by atoms with Crippen LogP contribution in [0.5, 0.6) is 0 Å². The van der Waals surface area contributed by atoms with Crippen molar-refractivity contribution in [1.29, 1.82) is 0 Å². The molecule has 0 unspecified atom stereocenters. The summed E-state index contributed by atoms with van der Waals surface area (Å²) in [5.74, 6) is -0.654. The maximum absolute atomic E-state index is 13.2. The molecule has 1 saturated heterocycles. The highest BCUT2D eigenvalue weighted by Gasteiger charge is 2.24. The maximum Gasteiger partial charge on any atom is 0.264 e. The first-order valence-electron chi connectivity index (χ1n) is 6.52. The Hall–Kier alpha value is -1.82. The number of rotatable bonds is 2. The number of carbonyl (C=O) groups is 1. The number of amides is 1. The van der Waals surface area contributed by atoms with Gasteiger partial charge >= 0.3 is 0 Å². The summed E-state index contributed by atoms with van der Waals surface area (Å²) in [5.41, 5.74) is 1.07. The molecule has 1 N–H and O–H groups in total. The first-order chi connectivity index (χ1) is 11.0. The molecule has 23 heavy (non-hydrogen) atoms. The van der Waals surface area contributed by atoms with Gasteiger partial charge in [-0.2, -0.15) is 0 Å². The number of nitrogens with one attached hydrogen (secondary N) is 1. The second-order valence-electron chi connectivity index (χ2n) is 4.61. The summed E-state index contributed by atoms with van der Waals surface area (Å²) in [5, 5.41) is 3.74. The molecular formula is C16H9Cl2FN2OS. The molecule has 0 atom stereocenters. The van der Waals surface area contributed by atoms with Gasteiger partial charge in [-0.1, -0.05) is 41.4 Å². The smallest absolute Gasteiger partial charge is 0.264 e. The summed E-state index contributed by atoms with van der Waals surface area (Å²) in [6.45, 7) is 0. The van der Waals surface area contributed by atoms with Crippen LogP contribution in [-0.2, 0) is 4.79 Å². The second-order valence-corrected chi connectivity index (χ2v) is 6.43. The second kappa shape index (κ2) is 6.74. The Kier molecular flexibility index (Phi) is 4.71. The molecule has 1 amide bonds. The van der Waals surface area contributed by atoms with E-state index in [4.69, 9.17) is 23.2 Å². The molecule has 3 nitrogen and oxygen atoms in total. The van der Waals surface area contributed by atoms with Gasteiger partial charge in [0.25, 0.3) is 5.91 Å². The molecule has 0 aromatic heterocycles. The van der Waals surface area contributed by atoms with Crippen molar-refractivity contribution in [3.05, 3.63) is 68.8 Å². The van der Waals surface area contributed by atoms with Gasteiger partial charge in [0.1, 0.15) is 5.82 Å². The van der Waals surface area contributed by atoms with Crippen molar-refractivity contribution >= 4 is 57.8 Å². The lowest BCUT2D eigenvalue weighted by molar-refractivity contribution is -0.115. The molecular weight excluding hydrogens is 358 g/mol. The molecule has 3 rings (SSSR count). The molecule has 0 saturated carbocycles. The van der Waals surface area contributed by atoms with Crippen LogP contribution in [0.3, 0.4) is 0 Å². The number of benzene rings is 2. The molecule has 0 spiro atoms. The first kappa shape index (κ1) is 16.1. The number of aliphatic imine (C=N–C) groups is 1. The maximum atomic E-state index is 13.2. The molecule has 116 valence electrons. The summed E-state index contributed by atoms with van der Waals surface area (Å²) in [6.07, 6.45) is 1.60. The number of hydrogen-bond donors (Lipinski definition) is 1. The van der Waals surface area contributed by atoms with E-state index in [-0.39, 0.29) is 11.7 Å². The van der Waals surface area contributed by atoms with Crippen LogP contribution < -0.4 is 5.32 Å². The number of halogens is 3. The predicted octanol–water partition coefficient (Wildman–Crippen LogP) is 5.02. The van der Waals surface area contributed by atoms with E-state index in [9.17, 15) is 9.18 Å². The zero-order valence-corrected chi connectivity index (χ0v) is 13.8. The van der Waals surface area contributed by atoms with E-state index in [1.165, 1.54) is 12.1 Å². The monoisotopic (exact) mass is 366 g/mol. The van der Waals surface area contributed by atoms with E-state index in [0.717, 1.165) is 11.8 Å². The van der Waals surface area contributed by atoms with Gasteiger partial charge in [0, 0.05) is 0 Å². The van der Waals surface area contributed by atoms with Crippen LogP contribution >= 0.6 is 35.0 Å². The van der Waals surface area contributed by atoms with E-state index in [2.05, 4.69) is 10.3 Å². The molecule has 1 heterocycles. The van der Waals surface area contributed by atoms with Crippen molar-refractivity contribution in [2.45, 2.75) is 0 Å². The summed E-state index contributed by atoms with van der Waals surface area (Å²) in [7, 11) is 0. The summed E-state index contributed by atoms with van der Waals surface area (Å²) < 4.78 is 13.2. The standard InChI is InChI=1S/C16H9Cl2FN2OS/c17-11-5-2-6-12(14(11)18)20-16-21-15(22)13(23-16)8-9-3-1-4-10(19)7-9/h1-8H,(H,20,21,22)/b13-8+. The van der Waals surface area contributed by atoms with E-state index in [1.807, 2.05) is 0 Å². The van der Waals surface area contributed by atoms with Crippen molar-refractivity contribution in [1.82, 2.24) is 5.32 Å². The molecule has 2 aromatic carbocycles. The quantitative estimate of drug-likeness (QED) is 0.757. The fraction of sp³-hybridized carbons (Fsp3) is 0. The van der Waals surface area contributed by atoms with Crippen LogP contribution in [0.2, 0.25) is 10.0 Å². The molecule has 1 aliphatic rings. The lowest BCUT2D eigenvalue weighted by atomic mass is 10.2. The van der Waals surface area contributed by atoms with Gasteiger partial charge in [-0.25, -0.2) is 9.38 Å². The van der Waals surface area contributed by atoms with Crippen LogP contribution in [0, 0.1) is 5.82 Å². The number of nitrogens with zero attached hydrogens (tertiary/aromatic N) is 1. The molecule has 0 radical (unpaired) electrons. The topological polar surface area (TPSA) is 41.5 Å². The van der Waals surface area contributed by atoms with Crippen LogP contribution in [0.25, 0.3) is 6.08 Å². The van der Waals surface area contributed by atoms with Gasteiger partial charge < -0.3 is 5.32 Å². The first-order valence-corrected chi connectivity index (χ1v) is 8.09. The average Bonchev–Trinajstić information content (AvgIpc) is 2.84. The normalized spacial score (nSPS) is 17.8. The van der Waals surface area contributed by atoms with Crippen LogP contribution in [0.4, 0.5) is 10.1 Å². The Bertz CT molecular complexity index is 852. The van der Waals surface area contributed by atoms with Gasteiger partial charge in [0.05, 0.1) is 20.6 Å². The molecule has 0 bridgehead atoms. The predicted molar refractivity (Wildman–Crippen MR) is 93.7 cm³/mol. The summed E-state index contributed by atoms with van der Waals surface area (Å²) >= 11 is 13.2. The summed E-state index contributed by atoms with van der Waals surface area (Å²) in [4.78, 5) is 16.7. The van der Waals surface area contributed by atoms with Gasteiger partial charge in [0.15, 0.2) is 5.17 Å². The van der Waals surface area contributed by atoms with Crippen LogP contribution in [0.1, 0.15) is 5.56 Å². The minimum atomic E-state index is -0.359. The Balaban J connectivity index is 1.88. The summed E-state index contributed by atoms with van der Waals surface area (Å²) in [6, 6.07) is 11.1. The highest BCUT2D eigenvalue weighted by atomic mass is 35.5. The van der Waals surface area contributed by atoms with Gasteiger partial charge in [0.2, 0.25) is 0 Å². The fourth-order valence-electron chi connectivity index (χ4n) is 1.92. The van der Waals surface area contributed by atoms with Gasteiger partial charge in [-0.05, 0) is 47.7 Å². The lowest BCUT2D eigenvalue weighted by Gasteiger charge is -2.00. The number of carbonyl (C=O) groups excluding carboxylic acids is 1. The van der Waals surface area contributed by atoms with Gasteiger partial charge in [-0.3, -0.25) is 4.79 Å². The molecule has 0 aliphatic carbocycles. The average molecular weight is 367 g/mol. The van der Waals surface area contributed by atoms with E-state index in [0.29, 0.717) is 31.4 Å². The van der Waals surface area contributed by atoms with Crippen molar-refractivity contribution in [2.24, 2.45) is 4.99 Å². The lowest BCUT2D eigenvalue weighted by Crippen LogP contribution is -2.19. The number of amidine groups is 1. The third kappa shape index (κ3) is 3.75. The highest BCUT2D eigenvalue weighted by molar-refractivity contribution is 8.18. The van der Waals surface area contributed by atoms with E-state index in [1.54, 1.807) is 36.4 Å². The Labute approximate surface area is 146 Å². The van der Waals surface area contributed by atoms with Crippen LogP contribution in [-0.4, -0.2) is 11.1 Å². The number of hydrogen-bond acceptors (Lipinski definition) is 3. The minimum Gasteiger partial charge on any atom is -0.300 e. The van der Waals surface area contributed by atoms with Crippen molar-refractivity contribution in [2.75, 3.05) is 0 Å². The molecule has 7 heteroatoms. The molecule has 1 aliphatic heterocycles. The van der Waals surface area contributed by atoms with Gasteiger partial charge in [-0.15, -0.1) is 0 Å². The van der Waals surface area contributed by atoms with Crippen molar-refractivity contribution in [3.63, 3.8) is 0 Å². The molecule has 2 aromatic rings. The Morgan fingerprint density at radius 2 is 1.96 bits per heavy atom. The minimum absolute atomic E-state index is 0.295. The third-order valence-electron chi connectivity index (χ3n) is 2.95. The Morgan fingerprint density at radius 3 is 2.74 bits per heavy atom. The number of thioether (sulfide) groups is 1.